The van der Waals surface area contributed by atoms with Crippen LogP contribution in [0.15, 0.2) is 36.4 Å². The third kappa shape index (κ3) is 8.38. The second-order valence-corrected chi connectivity index (χ2v) is 19.3. The molecule has 360 valence electrons. The van der Waals surface area contributed by atoms with E-state index in [-0.39, 0.29) is 48.6 Å². The Balaban J connectivity index is 0.000000118. The molecular weight excluding hydrogens is 967 g/mol. The van der Waals surface area contributed by atoms with Crippen molar-refractivity contribution >= 4 is 74.5 Å². The molecule has 0 aliphatic carbocycles. The molecule has 0 radical (unpaired) electrons. The summed E-state index contributed by atoms with van der Waals surface area (Å²) in [5.74, 6) is 0.287. The highest BCUT2D eigenvalue weighted by Gasteiger charge is 2.55. The van der Waals surface area contributed by atoms with Crippen LogP contribution in [-0.2, 0) is 55.0 Å². The van der Waals surface area contributed by atoms with Crippen molar-refractivity contribution in [3.05, 3.63) is 42.0 Å². The first-order valence-corrected chi connectivity index (χ1v) is 23.8. The minimum atomic E-state index is -4.22. The van der Waals surface area contributed by atoms with Gasteiger partial charge in [0.05, 0.1) is 38.8 Å². The Bertz CT molecular complexity index is 2950. The van der Waals surface area contributed by atoms with Crippen LogP contribution in [0.25, 0.3) is 33.5 Å². The highest BCUT2D eigenvalue weighted by Crippen LogP contribution is 2.55. The Morgan fingerprint density at radius 2 is 0.910 bits per heavy atom. The fourth-order valence-electron chi connectivity index (χ4n) is 7.94. The lowest BCUT2D eigenvalue weighted by Crippen LogP contribution is -2.39. The Hall–Kier alpha value is -5.06. The molecule has 6 aromatic rings. The molecule has 13 N–H and O–H groups in total. The minimum Gasteiger partial charge on any atom is -0.386 e. The van der Waals surface area contributed by atoms with Crippen LogP contribution < -0.4 is 22.8 Å². The van der Waals surface area contributed by atoms with E-state index in [9.17, 15) is 48.5 Å². The first-order valence-electron chi connectivity index (χ1n) is 19.3. The maximum absolute atomic E-state index is 11.8. The number of hydrogen-bond acceptors (Lipinski definition) is 27. The zero-order valence-corrected chi connectivity index (χ0v) is 36.1. The van der Waals surface area contributed by atoms with Gasteiger partial charge in [-0.25, -0.2) is 48.6 Å². The number of nitrogens with two attached hydrogens (primary N) is 3. The molecular formula is C30H36N15O19P3. The normalized spacial score (nSPS) is 37.9. The average Bonchev–Trinajstić information content (AvgIpc) is 4.13. The van der Waals surface area contributed by atoms with E-state index in [2.05, 4.69) is 58.4 Å². The fraction of sp³-hybridized carbons (Fsp3) is 0.500. The predicted octanol–water partition coefficient (Wildman–Crippen LogP) is -3.16. The summed E-state index contributed by atoms with van der Waals surface area (Å²) in [4.78, 5) is 74.0. The first-order chi connectivity index (χ1) is 31.8. The van der Waals surface area contributed by atoms with Gasteiger partial charge < -0.3 is 61.4 Å². The molecule has 6 fully saturated rings. The molecule has 3 unspecified atom stereocenters. The lowest BCUT2D eigenvalue weighted by Gasteiger charge is -2.27. The van der Waals surface area contributed by atoms with Crippen molar-refractivity contribution < 1.29 is 85.0 Å². The largest absolute Gasteiger partial charge is 0.472 e. The Kier molecular flexibility index (Phi) is 11.5. The standard InChI is InChI=1S/C10H12N5O7P.2C10H12N5O6P/c11-10-13-7-4(8(17)14-10)12-2-15(7)9-5(16)6-3(21-9)1-20-23(18,19)22-6;2*11-8-5-9(13-2-12-8)15(3-14-5)10-6(16)7-4(20-10)1-19-22(17,18)21-7/h2-3,5-6,9,16H,1H2,(H,18,19)(H3,11,13,14,17);2*2-4,6-7,10,16H,1H2,(H,17,18)(H2,11,12,13)/t3-,5-,6-,9-;2*4-,6-,7-,10-/m111/s1. The predicted molar refractivity (Wildman–Crippen MR) is 214 cm³/mol. The number of aliphatic hydroxyl groups excluding tert-OH is 3. The molecule has 0 spiro atoms. The fourth-order valence-corrected chi connectivity index (χ4v) is 10.8. The van der Waals surface area contributed by atoms with E-state index < -0.39 is 103 Å². The lowest BCUT2D eigenvalue weighted by atomic mass is 10.1. The molecule has 15 atom stereocenters. The number of aromatic amines is 1. The Morgan fingerprint density at radius 1 is 0.552 bits per heavy atom. The van der Waals surface area contributed by atoms with Crippen LogP contribution in [0.1, 0.15) is 18.7 Å². The highest BCUT2D eigenvalue weighted by molar-refractivity contribution is 7.48. The summed E-state index contributed by atoms with van der Waals surface area (Å²) in [5.41, 5.74) is 18.0. The number of phosphoric acid groups is 3. The SMILES string of the molecule is Nc1nc2c(ncn2[C@@H]2O[C@@H]3COP(=O)(O)O[C@H]3[C@H]2O)c(=O)[nH]1.Nc1ncnc2c1ncn2[C@@H]1O[C@@H]2COP(=O)(O)O[C@H]2[C@H]1O.Nc1ncnc2c1ncn2[C@@H]1O[C@@H]2COP(=O)(O)O[C@H]2[C@H]1O. The number of nitrogen functional groups attached to an aromatic ring is 3. The molecule has 6 aromatic heterocycles. The number of hydrogen-bond donors (Lipinski definition) is 10. The topological polar surface area (TPSA) is 484 Å². The molecule has 0 aromatic carbocycles. The summed E-state index contributed by atoms with van der Waals surface area (Å²) < 4.78 is 84.2. The van der Waals surface area contributed by atoms with E-state index in [0.29, 0.717) is 22.3 Å². The first kappa shape index (κ1) is 45.7. The van der Waals surface area contributed by atoms with Crippen molar-refractivity contribution in [2.75, 3.05) is 37.0 Å². The molecule has 6 aliphatic rings. The minimum absolute atomic E-state index is 0.0230. The van der Waals surface area contributed by atoms with E-state index in [0.717, 1.165) is 0 Å². The molecule has 0 saturated carbocycles. The highest BCUT2D eigenvalue weighted by atomic mass is 31.2. The van der Waals surface area contributed by atoms with Gasteiger partial charge in [-0.15, -0.1) is 0 Å². The summed E-state index contributed by atoms with van der Waals surface area (Å²) in [7, 11) is -12.5. The van der Waals surface area contributed by atoms with Crippen molar-refractivity contribution in [1.29, 1.82) is 0 Å². The lowest BCUT2D eigenvalue weighted by molar-refractivity contribution is -0.0665. The second-order valence-electron chi connectivity index (χ2n) is 15.1. The van der Waals surface area contributed by atoms with E-state index in [1.165, 1.54) is 45.3 Å². The molecule has 6 saturated heterocycles. The number of aromatic nitrogens is 12. The summed E-state index contributed by atoms with van der Waals surface area (Å²) in [6, 6.07) is 0. The van der Waals surface area contributed by atoms with Crippen LogP contribution in [0.5, 0.6) is 0 Å². The van der Waals surface area contributed by atoms with Gasteiger partial charge in [0.15, 0.2) is 52.8 Å². The number of ether oxygens (including phenoxy) is 3. The number of aliphatic hydroxyl groups is 3. The maximum Gasteiger partial charge on any atom is 0.472 e. The zero-order chi connectivity index (χ0) is 47.3. The number of fused-ring (bicyclic) bond motifs is 6. The van der Waals surface area contributed by atoms with E-state index in [1.807, 2.05) is 0 Å². The van der Waals surface area contributed by atoms with Gasteiger partial charge in [-0.3, -0.25) is 50.6 Å². The van der Waals surface area contributed by atoms with Crippen molar-refractivity contribution in [3.8, 4) is 0 Å². The number of anilines is 3. The monoisotopic (exact) mass is 1000 g/mol. The Labute approximate surface area is 370 Å². The quantitative estimate of drug-likeness (QED) is 0.0782. The molecule has 37 heteroatoms. The molecule has 6 aliphatic heterocycles. The van der Waals surface area contributed by atoms with Crippen LogP contribution in [0, 0.1) is 0 Å². The number of H-pyrrole nitrogens is 1. The summed E-state index contributed by atoms with van der Waals surface area (Å²) in [6.45, 7) is -0.527. The smallest absolute Gasteiger partial charge is 0.386 e. The second kappa shape index (κ2) is 16.9. The van der Waals surface area contributed by atoms with Gasteiger partial charge in [-0.05, 0) is 0 Å². The Morgan fingerprint density at radius 3 is 1.30 bits per heavy atom. The number of nitrogens with one attached hydrogen (secondary N) is 1. The average molecular weight is 1000 g/mol. The summed E-state index contributed by atoms with van der Waals surface area (Å²) >= 11 is 0. The molecule has 0 amide bonds. The molecule has 12 rings (SSSR count). The molecule has 12 heterocycles. The van der Waals surface area contributed by atoms with Gasteiger partial charge in [0.1, 0.15) is 78.6 Å². The third-order valence-electron chi connectivity index (χ3n) is 10.9. The van der Waals surface area contributed by atoms with Crippen molar-refractivity contribution in [2.45, 2.75) is 73.6 Å². The van der Waals surface area contributed by atoms with Crippen LogP contribution in [0.3, 0.4) is 0 Å². The van der Waals surface area contributed by atoms with Gasteiger partial charge in [0.25, 0.3) is 5.56 Å². The van der Waals surface area contributed by atoms with Crippen molar-refractivity contribution in [3.63, 3.8) is 0 Å². The van der Waals surface area contributed by atoms with Crippen LogP contribution in [-0.4, -0.2) is 163 Å². The van der Waals surface area contributed by atoms with Crippen molar-refractivity contribution in [2.24, 2.45) is 0 Å². The molecule has 0 bridgehead atoms. The number of imidazole rings is 3. The summed E-state index contributed by atoms with van der Waals surface area (Å²) in [6.07, 6.45) is -4.99. The molecule has 67 heavy (non-hydrogen) atoms. The molecule has 34 nitrogen and oxygen atoms in total. The van der Waals surface area contributed by atoms with E-state index in [1.54, 1.807) is 0 Å². The number of rotatable bonds is 3. The van der Waals surface area contributed by atoms with Gasteiger partial charge in [0.2, 0.25) is 5.95 Å². The third-order valence-corrected chi connectivity index (χ3v) is 13.9. The van der Waals surface area contributed by atoms with Crippen molar-refractivity contribution in [1.82, 2.24) is 58.6 Å². The van der Waals surface area contributed by atoms with Crippen LogP contribution in [0.2, 0.25) is 0 Å². The zero-order valence-electron chi connectivity index (χ0n) is 33.4. The van der Waals surface area contributed by atoms with Gasteiger partial charge in [0, 0.05) is 0 Å². The number of phosphoric ester groups is 3. The number of nitrogens with zero attached hydrogens (tertiary/aromatic N) is 11. The van der Waals surface area contributed by atoms with Gasteiger partial charge >= 0.3 is 23.5 Å². The maximum atomic E-state index is 11.8. The van der Waals surface area contributed by atoms with E-state index in [4.69, 9.17) is 45.0 Å². The van der Waals surface area contributed by atoms with Crippen LogP contribution >= 0.6 is 23.5 Å². The van der Waals surface area contributed by atoms with Crippen LogP contribution in [0.4, 0.5) is 17.6 Å². The van der Waals surface area contributed by atoms with Gasteiger partial charge in [-0.1, -0.05) is 0 Å². The van der Waals surface area contributed by atoms with Gasteiger partial charge in [-0.2, -0.15) is 4.98 Å². The summed E-state index contributed by atoms with van der Waals surface area (Å²) in [5, 5.41) is 31.1. The van der Waals surface area contributed by atoms with E-state index >= 15 is 0 Å².